The molecule has 0 radical (unpaired) electrons. The number of carbonyl (C=O) groups excluding carboxylic acids is 1. The molecule has 150 valence electrons. The van der Waals surface area contributed by atoms with E-state index in [9.17, 15) is 13.2 Å². The van der Waals surface area contributed by atoms with E-state index in [0.29, 0.717) is 24.3 Å². The number of carbonyl (C=O) groups is 1. The van der Waals surface area contributed by atoms with Gasteiger partial charge in [-0.15, -0.1) is 0 Å². The SMILES string of the molecule is O=C(Nc1cccc2ncccc12)c1ccc(S(=O)(=O)N2CCCCCC2)cc1. The van der Waals surface area contributed by atoms with Crippen molar-refractivity contribution in [3.05, 3.63) is 66.4 Å². The Labute approximate surface area is 170 Å². The quantitative estimate of drug-likeness (QED) is 0.705. The number of sulfonamides is 1. The first kappa shape index (κ1) is 19.5. The van der Waals surface area contributed by atoms with E-state index >= 15 is 0 Å². The molecule has 2 aromatic carbocycles. The van der Waals surface area contributed by atoms with Gasteiger partial charge in [0.1, 0.15) is 0 Å². The van der Waals surface area contributed by atoms with Crippen LogP contribution in [-0.2, 0) is 10.0 Å². The van der Waals surface area contributed by atoms with Crippen LogP contribution in [0.4, 0.5) is 5.69 Å². The number of aromatic nitrogens is 1. The highest BCUT2D eigenvalue weighted by Gasteiger charge is 2.25. The van der Waals surface area contributed by atoms with Crippen LogP contribution in [0, 0.1) is 0 Å². The average Bonchev–Trinajstić information content (AvgIpc) is 3.04. The highest BCUT2D eigenvalue weighted by molar-refractivity contribution is 7.89. The molecular formula is C22H23N3O3S. The molecule has 0 atom stereocenters. The predicted molar refractivity (Wildman–Crippen MR) is 113 cm³/mol. The van der Waals surface area contributed by atoms with E-state index in [1.54, 1.807) is 22.6 Å². The molecular weight excluding hydrogens is 386 g/mol. The minimum atomic E-state index is -3.52. The molecule has 4 rings (SSSR count). The molecule has 2 heterocycles. The maximum Gasteiger partial charge on any atom is 0.255 e. The molecule has 7 heteroatoms. The van der Waals surface area contributed by atoms with Gasteiger partial charge in [-0.05, 0) is 61.4 Å². The summed E-state index contributed by atoms with van der Waals surface area (Å²) in [6.45, 7) is 1.11. The third kappa shape index (κ3) is 4.16. The largest absolute Gasteiger partial charge is 0.321 e. The van der Waals surface area contributed by atoms with Crippen molar-refractivity contribution in [2.45, 2.75) is 30.6 Å². The summed E-state index contributed by atoms with van der Waals surface area (Å²) in [5.41, 5.74) is 1.87. The number of hydrogen-bond donors (Lipinski definition) is 1. The first-order valence-corrected chi connectivity index (χ1v) is 11.2. The van der Waals surface area contributed by atoms with Gasteiger partial charge in [0.15, 0.2) is 0 Å². The molecule has 29 heavy (non-hydrogen) atoms. The molecule has 1 aliphatic rings. The Hall–Kier alpha value is -2.77. The molecule has 0 saturated carbocycles. The molecule has 3 aromatic rings. The van der Waals surface area contributed by atoms with Gasteiger partial charge in [-0.1, -0.05) is 18.9 Å². The van der Waals surface area contributed by atoms with E-state index in [1.165, 1.54) is 12.1 Å². The summed E-state index contributed by atoms with van der Waals surface area (Å²) in [6.07, 6.45) is 5.61. The Balaban J connectivity index is 1.53. The summed E-state index contributed by atoms with van der Waals surface area (Å²) in [6, 6.07) is 15.4. The van der Waals surface area contributed by atoms with Crippen molar-refractivity contribution >= 4 is 32.5 Å². The Bertz CT molecular complexity index is 1110. The fourth-order valence-corrected chi connectivity index (χ4v) is 5.13. The van der Waals surface area contributed by atoms with E-state index in [0.717, 1.165) is 36.6 Å². The summed E-state index contributed by atoms with van der Waals surface area (Å²) in [4.78, 5) is 17.2. The van der Waals surface area contributed by atoms with Crippen LogP contribution in [0.5, 0.6) is 0 Å². The smallest absolute Gasteiger partial charge is 0.255 e. The normalized spacial score (nSPS) is 15.7. The van der Waals surface area contributed by atoms with E-state index in [-0.39, 0.29) is 10.8 Å². The van der Waals surface area contributed by atoms with Crippen molar-refractivity contribution in [1.29, 1.82) is 0 Å². The first-order valence-electron chi connectivity index (χ1n) is 9.81. The number of rotatable bonds is 4. The zero-order chi connectivity index (χ0) is 20.3. The summed E-state index contributed by atoms with van der Waals surface area (Å²) < 4.78 is 27.3. The lowest BCUT2D eigenvalue weighted by atomic mass is 10.1. The number of benzene rings is 2. The zero-order valence-corrected chi connectivity index (χ0v) is 16.9. The molecule has 1 N–H and O–H groups in total. The van der Waals surface area contributed by atoms with Crippen LogP contribution in [0.15, 0.2) is 65.7 Å². The van der Waals surface area contributed by atoms with E-state index < -0.39 is 10.0 Å². The summed E-state index contributed by atoms with van der Waals surface area (Å²) >= 11 is 0. The lowest BCUT2D eigenvalue weighted by Crippen LogP contribution is -2.31. The van der Waals surface area contributed by atoms with Gasteiger partial charge in [-0.2, -0.15) is 4.31 Å². The van der Waals surface area contributed by atoms with Gasteiger partial charge in [-0.25, -0.2) is 8.42 Å². The van der Waals surface area contributed by atoms with Crippen LogP contribution in [0.25, 0.3) is 10.9 Å². The van der Waals surface area contributed by atoms with Gasteiger partial charge < -0.3 is 5.32 Å². The highest BCUT2D eigenvalue weighted by Crippen LogP contribution is 2.23. The van der Waals surface area contributed by atoms with Crippen molar-refractivity contribution in [3.8, 4) is 0 Å². The van der Waals surface area contributed by atoms with Crippen LogP contribution in [-0.4, -0.2) is 36.7 Å². The van der Waals surface area contributed by atoms with Crippen LogP contribution in [0.3, 0.4) is 0 Å². The molecule has 1 aliphatic heterocycles. The summed E-state index contributed by atoms with van der Waals surface area (Å²) in [7, 11) is -3.52. The Kier molecular flexibility index (Phi) is 5.60. The molecule has 0 spiro atoms. The Morgan fingerprint density at radius 2 is 1.62 bits per heavy atom. The summed E-state index contributed by atoms with van der Waals surface area (Å²) in [5, 5.41) is 3.74. The second-order valence-corrected chi connectivity index (χ2v) is 9.11. The van der Waals surface area contributed by atoms with Crippen molar-refractivity contribution in [2.75, 3.05) is 18.4 Å². The topological polar surface area (TPSA) is 79.4 Å². The molecule has 0 bridgehead atoms. The van der Waals surface area contributed by atoms with Crippen molar-refractivity contribution in [3.63, 3.8) is 0 Å². The van der Waals surface area contributed by atoms with Crippen LogP contribution in [0.2, 0.25) is 0 Å². The summed E-state index contributed by atoms with van der Waals surface area (Å²) in [5.74, 6) is -0.292. The number of fused-ring (bicyclic) bond motifs is 1. The van der Waals surface area contributed by atoms with Gasteiger partial charge in [0.05, 0.1) is 16.1 Å². The van der Waals surface area contributed by atoms with Gasteiger partial charge >= 0.3 is 0 Å². The molecule has 1 amide bonds. The van der Waals surface area contributed by atoms with Crippen LogP contribution < -0.4 is 5.32 Å². The maximum absolute atomic E-state index is 12.9. The lowest BCUT2D eigenvalue weighted by Gasteiger charge is -2.20. The second kappa shape index (κ2) is 8.31. The van der Waals surface area contributed by atoms with Crippen molar-refractivity contribution in [2.24, 2.45) is 0 Å². The number of nitrogens with one attached hydrogen (secondary N) is 1. The minimum absolute atomic E-state index is 0.227. The third-order valence-electron chi connectivity index (χ3n) is 5.21. The van der Waals surface area contributed by atoms with E-state index in [4.69, 9.17) is 0 Å². The van der Waals surface area contributed by atoms with Crippen molar-refractivity contribution in [1.82, 2.24) is 9.29 Å². The van der Waals surface area contributed by atoms with Gasteiger partial charge in [-0.3, -0.25) is 9.78 Å². The number of amides is 1. The number of nitrogens with zero attached hydrogens (tertiary/aromatic N) is 2. The molecule has 0 aliphatic carbocycles. The number of hydrogen-bond acceptors (Lipinski definition) is 4. The van der Waals surface area contributed by atoms with Gasteiger partial charge in [0.2, 0.25) is 10.0 Å². The molecule has 1 saturated heterocycles. The van der Waals surface area contributed by atoms with Crippen LogP contribution >= 0.6 is 0 Å². The molecule has 6 nitrogen and oxygen atoms in total. The zero-order valence-electron chi connectivity index (χ0n) is 16.0. The number of anilines is 1. The molecule has 0 unspecified atom stereocenters. The monoisotopic (exact) mass is 409 g/mol. The third-order valence-corrected chi connectivity index (χ3v) is 7.13. The molecule has 1 fully saturated rings. The number of pyridine rings is 1. The minimum Gasteiger partial charge on any atom is -0.321 e. The lowest BCUT2D eigenvalue weighted by molar-refractivity contribution is 0.102. The van der Waals surface area contributed by atoms with Crippen molar-refractivity contribution < 1.29 is 13.2 Å². The van der Waals surface area contributed by atoms with Gasteiger partial charge in [0, 0.05) is 30.2 Å². The predicted octanol–water partition coefficient (Wildman–Crippen LogP) is 4.05. The maximum atomic E-state index is 12.9. The molecule has 1 aromatic heterocycles. The first-order chi connectivity index (χ1) is 14.1. The Morgan fingerprint density at radius 3 is 2.34 bits per heavy atom. The average molecular weight is 410 g/mol. The van der Waals surface area contributed by atoms with E-state index in [2.05, 4.69) is 10.3 Å². The standard InChI is InChI=1S/C22H23N3O3S/c26-22(24-21-9-5-8-20-19(21)7-6-14-23-20)17-10-12-18(13-11-17)29(27,28)25-15-3-1-2-4-16-25/h5-14H,1-4,15-16H2,(H,24,26). The fourth-order valence-electron chi connectivity index (χ4n) is 3.62. The highest BCUT2D eigenvalue weighted by atomic mass is 32.2. The van der Waals surface area contributed by atoms with E-state index in [1.807, 2.05) is 30.3 Å². The second-order valence-electron chi connectivity index (χ2n) is 7.17. The Morgan fingerprint density at radius 1 is 0.897 bits per heavy atom. The van der Waals surface area contributed by atoms with Crippen LogP contribution in [0.1, 0.15) is 36.0 Å². The van der Waals surface area contributed by atoms with Gasteiger partial charge in [0.25, 0.3) is 5.91 Å². The fraction of sp³-hybridized carbons (Fsp3) is 0.273.